The highest BCUT2D eigenvalue weighted by atomic mass is 35.5. The van der Waals surface area contributed by atoms with Crippen LogP contribution in [0, 0.1) is 0 Å². The van der Waals surface area contributed by atoms with Crippen molar-refractivity contribution in [3.63, 3.8) is 0 Å². The summed E-state index contributed by atoms with van der Waals surface area (Å²) < 4.78 is 11.5. The molecule has 3 nitrogen and oxygen atoms in total. The number of rotatable bonds is 8. The fourth-order valence-electron chi connectivity index (χ4n) is 2.30. The van der Waals surface area contributed by atoms with Crippen LogP contribution in [0.25, 0.3) is 0 Å². The van der Waals surface area contributed by atoms with Crippen molar-refractivity contribution in [1.29, 1.82) is 0 Å². The zero-order chi connectivity index (χ0) is 17.5. The zero-order valence-corrected chi connectivity index (χ0v) is 15.7. The fourth-order valence-corrected chi connectivity index (χ4v) is 2.72. The molecule has 0 aliphatic carbocycles. The summed E-state index contributed by atoms with van der Waals surface area (Å²) >= 11 is 12.6. The molecule has 0 spiro atoms. The third kappa shape index (κ3) is 5.30. The lowest BCUT2D eigenvalue weighted by Crippen LogP contribution is -2.14. The molecule has 24 heavy (non-hydrogen) atoms. The van der Waals surface area contributed by atoms with Gasteiger partial charge in [-0.3, -0.25) is 0 Å². The standard InChI is InChI=1S/C19H23Cl2NO2/c1-4-23-18-9-15(17(21)10-19(18)24-13(2)3)12-22-11-14-7-5-6-8-16(14)20/h5-10,13,22H,4,11-12H2,1-3H3. The summed E-state index contributed by atoms with van der Waals surface area (Å²) in [4.78, 5) is 0. The Balaban J connectivity index is 2.09. The van der Waals surface area contributed by atoms with Crippen LogP contribution in [0.3, 0.4) is 0 Å². The highest BCUT2D eigenvalue weighted by Gasteiger charge is 2.12. The molecule has 0 heterocycles. The van der Waals surface area contributed by atoms with Crippen LogP contribution in [-0.2, 0) is 13.1 Å². The second kappa shape index (κ2) is 9.16. The minimum atomic E-state index is 0.0597. The predicted molar refractivity (Wildman–Crippen MR) is 100 cm³/mol. The smallest absolute Gasteiger partial charge is 0.163 e. The Morgan fingerprint density at radius 1 is 0.958 bits per heavy atom. The first-order chi connectivity index (χ1) is 11.5. The average molecular weight is 368 g/mol. The Morgan fingerprint density at radius 2 is 1.67 bits per heavy atom. The molecule has 0 aliphatic rings. The van der Waals surface area contributed by atoms with Crippen LogP contribution >= 0.6 is 23.2 Å². The van der Waals surface area contributed by atoms with Crippen molar-refractivity contribution in [2.75, 3.05) is 6.61 Å². The van der Waals surface area contributed by atoms with Crippen LogP contribution < -0.4 is 14.8 Å². The monoisotopic (exact) mass is 367 g/mol. The molecule has 1 N–H and O–H groups in total. The molecular formula is C19H23Cl2NO2. The van der Waals surface area contributed by atoms with Gasteiger partial charge in [-0.1, -0.05) is 41.4 Å². The van der Waals surface area contributed by atoms with Gasteiger partial charge in [0, 0.05) is 29.2 Å². The fraction of sp³-hybridized carbons (Fsp3) is 0.368. The highest BCUT2D eigenvalue weighted by molar-refractivity contribution is 6.31. The van der Waals surface area contributed by atoms with E-state index in [-0.39, 0.29) is 6.10 Å². The molecule has 0 bridgehead atoms. The second-order valence-electron chi connectivity index (χ2n) is 5.68. The molecule has 0 fully saturated rings. The maximum Gasteiger partial charge on any atom is 0.163 e. The minimum Gasteiger partial charge on any atom is -0.490 e. The van der Waals surface area contributed by atoms with E-state index in [1.165, 1.54) is 0 Å². The minimum absolute atomic E-state index is 0.0597. The van der Waals surface area contributed by atoms with E-state index >= 15 is 0 Å². The largest absolute Gasteiger partial charge is 0.490 e. The van der Waals surface area contributed by atoms with E-state index in [1.54, 1.807) is 0 Å². The quantitative estimate of drug-likeness (QED) is 0.670. The van der Waals surface area contributed by atoms with Gasteiger partial charge in [-0.25, -0.2) is 0 Å². The van der Waals surface area contributed by atoms with Crippen molar-refractivity contribution >= 4 is 23.2 Å². The summed E-state index contributed by atoms with van der Waals surface area (Å²) in [5.74, 6) is 1.39. The van der Waals surface area contributed by atoms with E-state index in [9.17, 15) is 0 Å². The van der Waals surface area contributed by atoms with Gasteiger partial charge in [-0.2, -0.15) is 0 Å². The lowest BCUT2D eigenvalue weighted by molar-refractivity contribution is 0.223. The van der Waals surface area contributed by atoms with Crippen LogP contribution in [0.2, 0.25) is 10.0 Å². The van der Waals surface area contributed by atoms with Crippen molar-refractivity contribution in [3.8, 4) is 11.5 Å². The van der Waals surface area contributed by atoms with Gasteiger partial charge in [0.1, 0.15) is 0 Å². The van der Waals surface area contributed by atoms with Crippen LogP contribution in [-0.4, -0.2) is 12.7 Å². The molecule has 0 atom stereocenters. The van der Waals surface area contributed by atoms with Gasteiger partial charge in [0.05, 0.1) is 12.7 Å². The molecule has 2 aromatic carbocycles. The van der Waals surface area contributed by atoms with Crippen LogP contribution in [0.5, 0.6) is 11.5 Å². The Labute approximate surface area is 153 Å². The molecule has 0 unspecified atom stereocenters. The third-order valence-electron chi connectivity index (χ3n) is 3.36. The van der Waals surface area contributed by atoms with Gasteiger partial charge in [-0.05, 0) is 44.0 Å². The van der Waals surface area contributed by atoms with Crippen molar-refractivity contribution in [1.82, 2.24) is 5.32 Å². The lowest BCUT2D eigenvalue weighted by Gasteiger charge is -2.17. The van der Waals surface area contributed by atoms with E-state index in [1.807, 2.05) is 57.2 Å². The van der Waals surface area contributed by atoms with Gasteiger partial charge in [0.2, 0.25) is 0 Å². The molecule has 0 aromatic heterocycles. The van der Waals surface area contributed by atoms with Gasteiger partial charge >= 0.3 is 0 Å². The summed E-state index contributed by atoms with van der Waals surface area (Å²) in [7, 11) is 0. The van der Waals surface area contributed by atoms with Gasteiger partial charge in [0.15, 0.2) is 11.5 Å². The molecule has 0 saturated heterocycles. The van der Waals surface area contributed by atoms with Crippen molar-refractivity contribution in [2.24, 2.45) is 0 Å². The molecule has 5 heteroatoms. The van der Waals surface area contributed by atoms with Crippen LogP contribution in [0.15, 0.2) is 36.4 Å². The first-order valence-electron chi connectivity index (χ1n) is 8.07. The SMILES string of the molecule is CCOc1cc(CNCc2ccccc2Cl)c(Cl)cc1OC(C)C. The van der Waals surface area contributed by atoms with Gasteiger partial charge in [-0.15, -0.1) is 0 Å². The van der Waals surface area contributed by atoms with Gasteiger partial charge < -0.3 is 14.8 Å². The zero-order valence-electron chi connectivity index (χ0n) is 14.2. The Bertz CT molecular complexity index is 674. The summed E-state index contributed by atoms with van der Waals surface area (Å²) in [5, 5.41) is 4.77. The first-order valence-corrected chi connectivity index (χ1v) is 8.82. The Morgan fingerprint density at radius 3 is 2.33 bits per heavy atom. The third-order valence-corrected chi connectivity index (χ3v) is 4.08. The van der Waals surface area contributed by atoms with Crippen molar-refractivity contribution < 1.29 is 9.47 Å². The summed E-state index contributed by atoms with van der Waals surface area (Å²) in [6.07, 6.45) is 0.0597. The molecule has 130 valence electrons. The van der Waals surface area contributed by atoms with Crippen molar-refractivity contribution in [3.05, 3.63) is 57.6 Å². The molecule has 0 radical (unpaired) electrons. The molecule has 2 rings (SSSR count). The van der Waals surface area contributed by atoms with E-state index in [4.69, 9.17) is 32.7 Å². The van der Waals surface area contributed by atoms with E-state index in [0.29, 0.717) is 36.2 Å². The number of benzene rings is 2. The molecule has 0 amide bonds. The topological polar surface area (TPSA) is 30.5 Å². The number of halogens is 2. The van der Waals surface area contributed by atoms with E-state index in [0.717, 1.165) is 16.1 Å². The number of hydrogen-bond donors (Lipinski definition) is 1. The number of ether oxygens (including phenoxy) is 2. The first kappa shape index (κ1) is 18.9. The second-order valence-corrected chi connectivity index (χ2v) is 6.50. The molecule has 0 saturated carbocycles. The highest BCUT2D eigenvalue weighted by Crippen LogP contribution is 2.34. The van der Waals surface area contributed by atoms with Crippen LogP contribution in [0.1, 0.15) is 31.9 Å². The lowest BCUT2D eigenvalue weighted by atomic mass is 10.1. The Kier molecular flexibility index (Phi) is 7.22. The molecule has 2 aromatic rings. The number of hydrogen-bond acceptors (Lipinski definition) is 3. The summed E-state index contributed by atoms with van der Waals surface area (Å²) in [5.41, 5.74) is 2.02. The summed E-state index contributed by atoms with van der Waals surface area (Å²) in [6.45, 7) is 7.76. The van der Waals surface area contributed by atoms with Crippen LogP contribution in [0.4, 0.5) is 0 Å². The summed E-state index contributed by atoms with van der Waals surface area (Å²) in [6, 6.07) is 11.5. The van der Waals surface area contributed by atoms with Gasteiger partial charge in [0.25, 0.3) is 0 Å². The number of nitrogens with one attached hydrogen (secondary N) is 1. The molecule has 0 aliphatic heterocycles. The average Bonchev–Trinajstić information content (AvgIpc) is 2.52. The predicted octanol–water partition coefficient (Wildman–Crippen LogP) is 5.47. The molecular weight excluding hydrogens is 345 g/mol. The Hall–Kier alpha value is -1.42. The van der Waals surface area contributed by atoms with E-state index in [2.05, 4.69) is 5.32 Å². The maximum absolute atomic E-state index is 6.40. The normalized spacial score (nSPS) is 10.9. The van der Waals surface area contributed by atoms with Crippen molar-refractivity contribution in [2.45, 2.75) is 40.0 Å². The van der Waals surface area contributed by atoms with E-state index < -0.39 is 0 Å². The maximum atomic E-state index is 6.40.